The Labute approximate surface area is 98.4 Å². The van der Waals surface area contributed by atoms with E-state index in [0.717, 1.165) is 16.5 Å². The fourth-order valence-corrected chi connectivity index (χ4v) is 1.68. The minimum Gasteiger partial charge on any atom is -0.482 e. The predicted octanol–water partition coefficient (Wildman–Crippen LogP) is 2.61. The summed E-state index contributed by atoms with van der Waals surface area (Å²) in [5, 5.41) is 18.5. The lowest BCUT2D eigenvalue weighted by molar-refractivity contribution is 0.400. The molecule has 4 heteroatoms. The number of para-hydroxylation sites is 1. The first kappa shape index (κ1) is 10.8. The maximum absolute atomic E-state index is 8.77. The highest BCUT2D eigenvalue weighted by molar-refractivity contribution is 5.93. The molecular weight excluding hydrogens is 214 g/mol. The van der Waals surface area contributed by atoms with E-state index >= 15 is 0 Å². The monoisotopic (exact) mass is 223 g/mol. The van der Waals surface area contributed by atoms with E-state index < -0.39 is 0 Å². The van der Waals surface area contributed by atoms with E-state index in [-0.39, 0.29) is 5.57 Å². The fraction of sp³-hybridized carbons (Fsp3) is 0.0769. The number of nitrogens with one attached hydrogen (secondary N) is 1. The molecule has 0 unspecified atom stereocenters. The van der Waals surface area contributed by atoms with Crippen LogP contribution in [0.3, 0.4) is 0 Å². The largest absolute Gasteiger partial charge is 0.482 e. The van der Waals surface area contributed by atoms with Crippen LogP contribution in [0, 0.1) is 22.7 Å². The highest BCUT2D eigenvalue weighted by Gasteiger charge is 2.10. The molecule has 0 bridgehead atoms. The number of benzene rings is 1. The maximum atomic E-state index is 8.77. The van der Waals surface area contributed by atoms with Crippen LogP contribution in [0.4, 0.5) is 0 Å². The van der Waals surface area contributed by atoms with Crippen molar-refractivity contribution in [3.8, 4) is 18.0 Å². The molecule has 0 aliphatic carbocycles. The van der Waals surface area contributed by atoms with Crippen LogP contribution in [0.2, 0.25) is 0 Å². The Balaban J connectivity index is 2.72. The molecule has 0 aliphatic rings. The molecular formula is C13H9N3O. The summed E-state index contributed by atoms with van der Waals surface area (Å²) in [6.45, 7) is 0. The highest BCUT2D eigenvalue weighted by atomic mass is 16.5. The van der Waals surface area contributed by atoms with Crippen LogP contribution in [0.15, 0.2) is 29.8 Å². The molecule has 1 heterocycles. The van der Waals surface area contributed by atoms with Gasteiger partial charge in [-0.25, -0.2) is 0 Å². The summed E-state index contributed by atoms with van der Waals surface area (Å²) in [4.78, 5) is 3.08. The van der Waals surface area contributed by atoms with Crippen molar-refractivity contribution in [1.82, 2.24) is 4.98 Å². The van der Waals surface area contributed by atoms with Crippen LogP contribution >= 0.6 is 0 Å². The zero-order valence-corrected chi connectivity index (χ0v) is 9.19. The van der Waals surface area contributed by atoms with Gasteiger partial charge in [0.1, 0.15) is 17.7 Å². The number of H-pyrrole nitrogens is 1. The maximum Gasteiger partial charge on any atom is 0.199 e. The third-order valence-corrected chi connectivity index (χ3v) is 2.44. The Morgan fingerprint density at radius 1 is 1.29 bits per heavy atom. The lowest BCUT2D eigenvalue weighted by atomic mass is 10.1. The van der Waals surface area contributed by atoms with Gasteiger partial charge in [-0.1, -0.05) is 18.2 Å². The molecule has 0 radical (unpaired) electrons. The Morgan fingerprint density at radius 2 is 2.00 bits per heavy atom. The molecule has 1 N–H and O–H groups in total. The smallest absolute Gasteiger partial charge is 0.199 e. The lowest BCUT2D eigenvalue weighted by Gasteiger charge is -1.96. The second-order valence-electron chi connectivity index (χ2n) is 3.40. The molecule has 82 valence electrons. The van der Waals surface area contributed by atoms with Crippen LogP contribution in [0.1, 0.15) is 5.56 Å². The predicted molar refractivity (Wildman–Crippen MR) is 64.1 cm³/mol. The number of nitrogens with zero attached hydrogens (tertiary/aromatic N) is 2. The van der Waals surface area contributed by atoms with Crippen molar-refractivity contribution in [2.24, 2.45) is 0 Å². The molecule has 0 saturated carbocycles. The van der Waals surface area contributed by atoms with Crippen LogP contribution in [-0.2, 0) is 0 Å². The van der Waals surface area contributed by atoms with Gasteiger partial charge in [-0.05, 0) is 12.1 Å². The van der Waals surface area contributed by atoms with Gasteiger partial charge in [-0.2, -0.15) is 10.5 Å². The van der Waals surface area contributed by atoms with E-state index in [1.807, 2.05) is 36.4 Å². The zero-order valence-electron chi connectivity index (χ0n) is 9.19. The molecule has 0 spiro atoms. The van der Waals surface area contributed by atoms with E-state index in [1.165, 1.54) is 6.08 Å². The van der Waals surface area contributed by atoms with E-state index in [9.17, 15) is 0 Å². The summed E-state index contributed by atoms with van der Waals surface area (Å²) >= 11 is 0. The molecule has 1 aromatic heterocycles. The van der Waals surface area contributed by atoms with Crippen LogP contribution in [0.5, 0.6) is 5.88 Å². The van der Waals surface area contributed by atoms with Gasteiger partial charge in [-0.3, -0.25) is 0 Å². The molecule has 0 amide bonds. The van der Waals surface area contributed by atoms with Crippen molar-refractivity contribution in [2.75, 3.05) is 7.11 Å². The normalized spacial score (nSPS) is 9.35. The van der Waals surface area contributed by atoms with Gasteiger partial charge >= 0.3 is 0 Å². The number of rotatable bonds is 2. The summed E-state index contributed by atoms with van der Waals surface area (Å²) < 4.78 is 5.20. The standard InChI is InChI=1S/C13H9N3O/c1-17-13-11(6-9(7-14)8-15)10-4-2-3-5-12(10)16-13/h2-6,16H,1H3. The Morgan fingerprint density at radius 3 is 2.65 bits per heavy atom. The van der Waals surface area contributed by atoms with E-state index in [1.54, 1.807) is 7.11 Å². The third kappa shape index (κ3) is 1.84. The summed E-state index contributed by atoms with van der Waals surface area (Å²) in [6, 6.07) is 11.3. The molecule has 2 aromatic rings. The number of methoxy groups -OCH3 is 1. The van der Waals surface area contributed by atoms with Crippen molar-refractivity contribution in [3.05, 3.63) is 35.4 Å². The Bertz CT molecular complexity index is 652. The number of hydrogen-bond donors (Lipinski definition) is 1. The SMILES string of the molecule is COc1[nH]c2ccccc2c1C=C(C#N)C#N. The first-order valence-corrected chi connectivity index (χ1v) is 4.96. The molecule has 0 fully saturated rings. The number of aromatic amines is 1. The van der Waals surface area contributed by atoms with Crippen molar-refractivity contribution in [2.45, 2.75) is 0 Å². The zero-order chi connectivity index (χ0) is 12.3. The Hall–Kier alpha value is -2.72. The first-order chi connectivity index (χ1) is 8.30. The average Bonchev–Trinajstić information content (AvgIpc) is 2.73. The van der Waals surface area contributed by atoms with Crippen molar-refractivity contribution in [1.29, 1.82) is 10.5 Å². The lowest BCUT2D eigenvalue weighted by Crippen LogP contribution is -1.85. The summed E-state index contributed by atoms with van der Waals surface area (Å²) in [5.74, 6) is 0.550. The topological polar surface area (TPSA) is 72.6 Å². The second kappa shape index (κ2) is 4.42. The van der Waals surface area contributed by atoms with Crippen LogP contribution in [-0.4, -0.2) is 12.1 Å². The number of allylic oxidation sites excluding steroid dienone is 1. The van der Waals surface area contributed by atoms with Gasteiger partial charge in [0.15, 0.2) is 5.88 Å². The number of nitriles is 2. The molecule has 4 nitrogen and oxygen atoms in total. The van der Waals surface area contributed by atoms with E-state index in [4.69, 9.17) is 15.3 Å². The summed E-state index contributed by atoms with van der Waals surface area (Å²) in [7, 11) is 1.54. The first-order valence-electron chi connectivity index (χ1n) is 4.96. The Kier molecular flexibility index (Phi) is 2.81. The fourth-order valence-electron chi connectivity index (χ4n) is 1.68. The quantitative estimate of drug-likeness (QED) is 0.795. The van der Waals surface area contributed by atoms with Crippen molar-refractivity contribution >= 4 is 17.0 Å². The molecule has 17 heavy (non-hydrogen) atoms. The minimum atomic E-state index is 0.0491. The molecule has 0 atom stereocenters. The molecule has 2 rings (SSSR count). The van der Waals surface area contributed by atoms with Crippen LogP contribution in [0.25, 0.3) is 17.0 Å². The number of ether oxygens (including phenoxy) is 1. The van der Waals surface area contributed by atoms with Gasteiger partial charge in [0, 0.05) is 16.5 Å². The summed E-state index contributed by atoms with van der Waals surface area (Å²) in [6.07, 6.45) is 1.53. The third-order valence-electron chi connectivity index (χ3n) is 2.44. The minimum absolute atomic E-state index is 0.0491. The van der Waals surface area contributed by atoms with Gasteiger partial charge in [-0.15, -0.1) is 0 Å². The van der Waals surface area contributed by atoms with Gasteiger partial charge < -0.3 is 9.72 Å². The van der Waals surface area contributed by atoms with Gasteiger partial charge in [0.2, 0.25) is 0 Å². The number of aromatic nitrogens is 1. The van der Waals surface area contributed by atoms with Gasteiger partial charge in [0.25, 0.3) is 0 Å². The summed E-state index contributed by atoms with van der Waals surface area (Å²) in [5.41, 5.74) is 1.68. The van der Waals surface area contributed by atoms with E-state index in [2.05, 4.69) is 4.98 Å². The van der Waals surface area contributed by atoms with E-state index in [0.29, 0.717) is 5.88 Å². The average molecular weight is 223 g/mol. The second-order valence-corrected chi connectivity index (χ2v) is 3.40. The number of hydrogen-bond acceptors (Lipinski definition) is 3. The van der Waals surface area contributed by atoms with Crippen molar-refractivity contribution in [3.63, 3.8) is 0 Å². The molecule has 0 aliphatic heterocycles. The molecule has 0 saturated heterocycles. The highest BCUT2D eigenvalue weighted by Crippen LogP contribution is 2.29. The number of fused-ring (bicyclic) bond motifs is 1. The van der Waals surface area contributed by atoms with Crippen molar-refractivity contribution < 1.29 is 4.74 Å². The van der Waals surface area contributed by atoms with Crippen LogP contribution < -0.4 is 4.74 Å². The molecule has 1 aromatic carbocycles. The van der Waals surface area contributed by atoms with Gasteiger partial charge in [0.05, 0.1) is 7.11 Å².